The van der Waals surface area contributed by atoms with Gasteiger partial charge in [-0.15, -0.1) is 0 Å². The molecule has 0 atom stereocenters. The number of aromatic nitrogens is 1. The molecule has 1 saturated carbocycles. The summed E-state index contributed by atoms with van der Waals surface area (Å²) in [5.74, 6) is -1.72. The predicted molar refractivity (Wildman–Crippen MR) is 111 cm³/mol. The fourth-order valence-corrected chi connectivity index (χ4v) is 5.17. The van der Waals surface area contributed by atoms with Gasteiger partial charge < -0.3 is 19.5 Å². The molecular weight excluding hydrogens is 409 g/mol. The zero-order valence-electron chi connectivity index (χ0n) is 16.6. The van der Waals surface area contributed by atoms with E-state index in [1.807, 2.05) is 24.5 Å². The first kappa shape index (κ1) is 19.4. The number of ether oxygens (including phenoxy) is 1. The molecule has 2 aromatic carbocycles. The Bertz CT molecular complexity index is 1210. The van der Waals surface area contributed by atoms with Crippen LogP contribution in [0, 0.1) is 11.7 Å². The quantitative estimate of drug-likeness (QED) is 0.592. The summed E-state index contributed by atoms with van der Waals surface area (Å²) in [4.78, 5) is 11.5. The first-order valence-corrected chi connectivity index (χ1v) is 10.2. The van der Waals surface area contributed by atoms with E-state index in [0.29, 0.717) is 30.5 Å². The molecule has 1 fully saturated rings. The minimum absolute atomic E-state index is 0.0115. The molecule has 0 bridgehead atoms. The van der Waals surface area contributed by atoms with Crippen molar-refractivity contribution < 1.29 is 24.1 Å². The molecule has 1 aliphatic heterocycles. The summed E-state index contributed by atoms with van der Waals surface area (Å²) >= 11 is 6.09. The van der Waals surface area contributed by atoms with Crippen LogP contribution in [0.25, 0.3) is 16.6 Å². The van der Waals surface area contributed by atoms with Crippen LogP contribution in [0.15, 0.2) is 36.4 Å². The molecule has 156 valence electrons. The number of phenolic OH excluding ortho intramolecular Hbond substituents is 1. The number of phenols is 1. The summed E-state index contributed by atoms with van der Waals surface area (Å²) in [7, 11) is 0. The second-order valence-corrected chi connectivity index (χ2v) is 9.35. The van der Waals surface area contributed by atoms with E-state index in [9.17, 15) is 19.4 Å². The Morgan fingerprint density at radius 3 is 2.67 bits per heavy atom. The number of benzene rings is 2. The molecule has 7 heteroatoms. The summed E-state index contributed by atoms with van der Waals surface area (Å²) < 4.78 is 22.2. The molecule has 0 saturated heterocycles. The Labute approximate surface area is 177 Å². The van der Waals surface area contributed by atoms with Gasteiger partial charge in [0.25, 0.3) is 0 Å². The van der Waals surface area contributed by atoms with E-state index in [2.05, 4.69) is 0 Å². The third kappa shape index (κ3) is 2.53. The van der Waals surface area contributed by atoms with Crippen molar-refractivity contribution in [3.8, 4) is 11.4 Å². The number of fused-ring (bicyclic) bond motifs is 4. The smallest absolute Gasteiger partial charge is 0.306 e. The molecule has 0 unspecified atom stereocenters. The second-order valence-electron chi connectivity index (χ2n) is 8.94. The van der Waals surface area contributed by atoms with Gasteiger partial charge in [0, 0.05) is 27.7 Å². The van der Waals surface area contributed by atoms with Crippen LogP contribution in [-0.4, -0.2) is 27.4 Å². The van der Waals surface area contributed by atoms with Gasteiger partial charge in [-0.3, -0.25) is 4.79 Å². The highest BCUT2D eigenvalue weighted by molar-refractivity contribution is 6.30. The molecule has 1 spiro atoms. The van der Waals surface area contributed by atoms with Crippen molar-refractivity contribution in [1.82, 2.24) is 4.57 Å². The molecule has 2 aliphatic rings. The van der Waals surface area contributed by atoms with Gasteiger partial charge in [-0.2, -0.15) is 0 Å². The number of nitrogens with zero attached hydrogens (tertiary/aromatic N) is 1. The minimum Gasteiger partial charge on any atom is -0.507 e. The summed E-state index contributed by atoms with van der Waals surface area (Å²) in [6, 6.07) is 9.81. The van der Waals surface area contributed by atoms with Gasteiger partial charge in [0.15, 0.2) is 0 Å². The van der Waals surface area contributed by atoms with Crippen LogP contribution < -0.4 is 0 Å². The van der Waals surface area contributed by atoms with E-state index in [-0.39, 0.29) is 10.8 Å². The highest BCUT2D eigenvalue weighted by Crippen LogP contribution is 2.58. The lowest BCUT2D eigenvalue weighted by molar-refractivity contribution is -0.180. The summed E-state index contributed by atoms with van der Waals surface area (Å²) in [5, 5.41) is 20.9. The van der Waals surface area contributed by atoms with Gasteiger partial charge in [0.2, 0.25) is 0 Å². The SMILES string of the molecule is CC1(C)COC2(CC(C(=O)O)C2)c2c1n(-c1ccc(F)c(Cl)c1)c1cccc(O)c21. The number of aromatic hydroxyl groups is 1. The largest absolute Gasteiger partial charge is 0.507 e. The van der Waals surface area contributed by atoms with Gasteiger partial charge in [-0.25, -0.2) is 4.39 Å². The van der Waals surface area contributed by atoms with Crippen molar-refractivity contribution >= 4 is 28.5 Å². The van der Waals surface area contributed by atoms with Crippen molar-refractivity contribution in [2.45, 2.75) is 37.7 Å². The Hall–Kier alpha value is -2.57. The molecule has 2 heterocycles. The van der Waals surface area contributed by atoms with Crippen LogP contribution in [0.5, 0.6) is 5.75 Å². The predicted octanol–water partition coefficient (Wildman–Crippen LogP) is 5.13. The topological polar surface area (TPSA) is 71.7 Å². The maximum atomic E-state index is 13.9. The number of aliphatic carboxylic acids is 1. The third-order valence-electron chi connectivity index (χ3n) is 6.44. The Balaban J connectivity index is 1.86. The minimum atomic E-state index is -0.839. The molecule has 1 aromatic heterocycles. The van der Waals surface area contributed by atoms with E-state index >= 15 is 0 Å². The standard InChI is InChI=1S/C23H21ClFNO4/c1-22(2)11-30-23(9-12(10-23)21(28)29)19-18-16(4-3-5-17(18)27)26(20(19)22)13-6-7-15(25)14(24)8-13/h3-8,12,27H,9-11H2,1-2H3,(H,28,29). The molecule has 30 heavy (non-hydrogen) atoms. The molecule has 1 aliphatic carbocycles. The zero-order valence-corrected chi connectivity index (χ0v) is 17.3. The second kappa shape index (κ2) is 6.22. The highest BCUT2D eigenvalue weighted by Gasteiger charge is 2.57. The molecule has 2 N–H and O–H groups in total. The fraction of sp³-hybridized carbons (Fsp3) is 0.348. The Morgan fingerprint density at radius 1 is 1.27 bits per heavy atom. The molecule has 5 nitrogen and oxygen atoms in total. The number of rotatable bonds is 2. The van der Waals surface area contributed by atoms with Crippen LogP contribution in [0.4, 0.5) is 4.39 Å². The third-order valence-corrected chi connectivity index (χ3v) is 6.73. The van der Waals surface area contributed by atoms with E-state index in [1.54, 1.807) is 24.3 Å². The van der Waals surface area contributed by atoms with Crippen LogP contribution in [0.2, 0.25) is 5.02 Å². The van der Waals surface area contributed by atoms with E-state index in [1.165, 1.54) is 6.07 Å². The lowest BCUT2D eigenvalue weighted by atomic mass is 9.63. The van der Waals surface area contributed by atoms with Gasteiger partial charge >= 0.3 is 5.97 Å². The Morgan fingerprint density at radius 2 is 2.00 bits per heavy atom. The van der Waals surface area contributed by atoms with Crippen LogP contribution >= 0.6 is 11.6 Å². The fourth-order valence-electron chi connectivity index (χ4n) is 4.99. The number of halogens is 2. The van der Waals surface area contributed by atoms with Crippen molar-refractivity contribution in [3.05, 3.63) is 58.5 Å². The lowest BCUT2D eigenvalue weighted by Crippen LogP contribution is -2.52. The van der Waals surface area contributed by atoms with Crippen molar-refractivity contribution in [2.24, 2.45) is 5.92 Å². The molecule has 3 aromatic rings. The number of carbonyl (C=O) groups is 1. The van der Waals surface area contributed by atoms with Crippen LogP contribution in [-0.2, 0) is 20.5 Å². The number of hydrogen-bond acceptors (Lipinski definition) is 3. The number of hydrogen-bond donors (Lipinski definition) is 2. The van der Waals surface area contributed by atoms with E-state index < -0.39 is 28.7 Å². The first-order valence-electron chi connectivity index (χ1n) is 9.84. The van der Waals surface area contributed by atoms with E-state index in [0.717, 1.165) is 16.8 Å². The van der Waals surface area contributed by atoms with Crippen molar-refractivity contribution in [1.29, 1.82) is 0 Å². The number of carboxylic acid groups (broad SMARTS) is 1. The normalized spacial score (nSPS) is 24.6. The van der Waals surface area contributed by atoms with Gasteiger partial charge in [0.05, 0.1) is 28.7 Å². The van der Waals surface area contributed by atoms with Gasteiger partial charge in [-0.05, 0) is 43.2 Å². The van der Waals surface area contributed by atoms with Gasteiger partial charge in [0.1, 0.15) is 11.6 Å². The van der Waals surface area contributed by atoms with Crippen LogP contribution in [0.3, 0.4) is 0 Å². The monoisotopic (exact) mass is 429 g/mol. The molecule has 5 rings (SSSR count). The van der Waals surface area contributed by atoms with Crippen molar-refractivity contribution in [2.75, 3.05) is 6.61 Å². The molecule has 0 amide bonds. The summed E-state index contributed by atoms with van der Waals surface area (Å²) in [6.07, 6.45) is 0.700. The van der Waals surface area contributed by atoms with Crippen LogP contribution in [0.1, 0.15) is 37.9 Å². The number of carboxylic acids is 1. The van der Waals surface area contributed by atoms with E-state index in [4.69, 9.17) is 16.3 Å². The average molecular weight is 430 g/mol. The average Bonchev–Trinajstić information content (AvgIpc) is 3.01. The first-order chi connectivity index (χ1) is 14.1. The maximum absolute atomic E-state index is 13.9. The van der Waals surface area contributed by atoms with Gasteiger partial charge in [-0.1, -0.05) is 31.5 Å². The summed E-state index contributed by atoms with van der Waals surface area (Å²) in [5.41, 5.74) is 1.99. The lowest BCUT2D eigenvalue weighted by Gasteiger charge is -2.51. The van der Waals surface area contributed by atoms with Crippen molar-refractivity contribution in [3.63, 3.8) is 0 Å². The zero-order chi connectivity index (χ0) is 21.4. The molecule has 0 radical (unpaired) electrons. The highest BCUT2D eigenvalue weighted by atomic mass is 35.5. The maximum Gasteiger partial charge on any atom is 0.306 e. The molecular formula is C23H21ClFNO4. The summed E-state index contributed by atoms with van der Waals surface area (Å²) in [6.45, 7) is 4.49. The Kier molecular flexibility index (Phi) is 4.02.